The summed E-state index contributed by atoms with van der Waals surface area (Å²) in [5, 5.41) is 0. The second-order valence-corrected chi connectivity index (χ2v) is 9.52. The highest BCUT2D eigenvalue weighted by Crippen LogP contribution is 2.61. The largest absolute Gasteiger partial charge is 0.456 e. The molecule has 2 bridgehead atoms. The van der Waals surface area contributed by atoms with Crippen LogP contribution in [0.4, 0.5) is 4.39 Å². The van der Waals surface area contributed by atoms with Gasteiger partial charge in [-0.3, -0.25) is 19.3 Å². The van der Waals surface area contributed by atoms with Gasteiger partial charge in [-0.25, -0.2) is 9.18 Å². The first-order valence-electron chi connectivity index (χ1n) is 11.9. The summed E-state index contributed by atoms with van der Waals surface area (Å²) in [6.07, 6.45) is 0. The zero-order chi connectivity index (χ0) is 25.1. The number of ketones is 1. The van der Waals surface area contributed by atoms with Crippen LogP contribution in [-0.4, -0.2) is 41.1 Å². The maximum absolute atomic E-state index is 13.7. The standard InChI is InChI=1S/C29H22FNO5/c1-15(29(35)36-14-22(32)16-10-12-17(30)13-11-16)31-27(33)25-23-18-6-2-3-7-19(18)24(26(25)28(31)34)21-9-5-4-8-20(21)23/h2-13,15,23-26H,14H2,1H3/t15-,23?,24?,25-,26+/m1/s1. The molecule has 3 atom stereocenters. The minimum Gasteiger partial charge on any atom is -0.456 e. The minimum atomic E-state index is -1.18. The summed E-state index contributed by atoms with van der Waals surface area (Å²) in [5.41, 5.74) is 4.38. The van der Waals surface area contributed by atoms with E-state index in [4.69, 9.17) is 4.74 Å². The number of nitrogens with zero attached hydrogens (tertiary/aromatic N) is 1. The monoisotopic (exact) mass is 483 g/mol. The lowest BCUT2D eigenvalue weighted by molar-refractivity contribution is -0.157. The van der Waals surface area contributed by atoms with E-state index in [1.807, 2.05) is 48.5 Å². The van der Waals surface area contributed by atoms with E-state index in [-0.39, 0.29) is 17.4 Å². The molecule has 6 nitrogen and oxygen atoms in total. The quantitative estimate of drug-likeness (QED) is 0.313. The van der Waals surface area contributed by atoms with Gasteiger partial charge in [0.25, 0.3) is 0 Å². The minimum absolute atomic E-state index is 0.198. The average molecular weight is 483 g/mol. The maximum atomic E-state index is 13.7. The van der Waals surface area contributed by atoms with Crippen molar-refractivity contribution in [3.63, 3.8) is 0 Å². The Bertz CT molecular complexity index is 1320. The van der Waals surface area contributed by atoms with Gasteiger partial charge in [0, 0.05) is 17.4 Å². The molecule has 0 saturated carbocycles. The second-order valence-electron chi connectivity index (χ2n) is 9.52. The third kappa shape index (κ3) is 3.15. The molecule has 1 heterocycles. The van der Waals surface area contributed by atoms with Crippen LogP contribution in [0.3, 0.4) is 0 Å². The SMILES string of the molecule is C[C@H](C(=O)OCC(=O)c1ccc(F)cc1)N1C(=O)[C@@H]2C3c4ccccc4C(c4ccccc43)[C@@H]2C1=O. The molecule has 2 amide bonds. The Morgan fingerprint density at radius 3 is 1.69 bits per heavy atom. The maximum Gasteiger partial charge on any atom is 0.329 e. The van der Waals surface area contributed by atoms with Gasteiger partial charge in [0.2, 0.25) is 11.8 Å². The Labute approximate surface area is 206 Å². The zero-order valence-electron chi connectivity index (χ0n) is 19.4. The van der Waals surface area contributed by atoms with Crippen molar-refractivity contribution in [3.8, 4) is 0 Å². The molecule has 0 N–H and O–H groups in total. The smallest absolute Gasteiger partial charge is 0.329 e. The van der Waals surface area contributed by atoms with Crippen LogP contribution in [0.2, 0.25) is 0 Å². The van der Waals surface area contributed by atoms with Crippen molar-refractivity contribution >= 4 is 23.6 Å². The molecule has 3 aromatic rings. The van der Waals surface area contributed by atoms with Gasteiger partial charge in [-0.05, 0) is 53.4 Å². The number of rotatable bonds is 5. The highest BCUT2D eigenvalue weighted by Gasteiger charge is 2.62. The van der Waals surface area contributed by atoms with Crippen LogP contribution in [0, 0.1) is 17.7 Å². The van der Waals surface area contributed by atoms with Crippen LogP contribution in [0.1, 0.15) is 51.4 Å². The fraction of sp³-hybridized carbons (Fsp3) is 0.241. The Kier molecular flexibility index (Phi) is 5.10. The molecule has 4 aliphatic rings. The average Bonchev–Trinajstić information content (AvgIpc) is 3.17. The molecule has 0 aromatic heterocycles. The number of imide groups is 1. The van der Waals surface area contributed by atoms with Crippen molar-refractivity contribution in [1.82, 2.24) is 4.90 Å². The topological polar surface area (TPSA) is 80.8 Å². The van der Waals surface area contributed by atoms with E-state index in [0.29, 0.717) is 0 Å². The molecule has 0 spiro atoms. The first-order valence-corrected chi connectivity index (χ1v) is 11.9. The molecule has 36 heavy (non-hydrogen) atoms. The Balaban J connectivity index is 1.26. The predicted molar refractivity (Wildman–Crippen MR) is 127 cm³/mol. The van der Waals surface area contributed by atoms with Gasteiger partial charge in [-0.1, -0.05) is 48.5 Å². The molecule has 3 aliphatic carbocycles. The molecule has 1 aliphatic heterocycles. The van der Waals surface area contributed by atoms with Gasteiger partial charge in [-0.15, -0.1) is 0 Å². The highest BCUT2D eigenvalue weighted by molar-refractivity contribution is 6.10. The van der Waals surface area contributed by atoms with Gasteiger partial charge in [0.15, 0.2) is 12.4 Å². The fourth-order valence-corrected chi connectivity index (χ4v) is 6.16. The van der Waals surface area contributed by atoms with Gasteiger partial charge in [-0.2, -0.15) is 0 Å². The van der Waals surface area contributed by atoms with Crippen LogP contribution in [0.15, 0.2) is 72.8 Å². The Hall–Kier alpha value is -4.13. The number of amides is 2. The van der Waals surface area contributed by atoms with E-state index < -0.39 is 53.9 Å². The first-order chi connectivity index (χ1) is 17.4. The van der Waals surface area contributed by atoms with Crippen LogP contribution >= 0.6 is 0 Å². The molecule has 3 aromatic carbocycles. The second kappa shape index (κ2) is 8.22. The summed E-state index contributed by atoms with van der Waals surface area (Å²) in [5.74, 6) is -4.33. The number of carbonyl (C=O) groups excluding carboxylic acids is 4. The lowest BCUT2D eigenvalue weighted by Crippen LogP contribution is -2.45. The summed E-state index contributed by atoms with van der Waals surface area (Å²) in [7, 11) is 0. The number of hydrogen-bond acceptors (Lipinski definition) is 5. The number of likely N-dealkylation sites (tertiary alicyclic amines) is 1. The van der Waals surface area contributed by atoms with Crippen molar-refractivity contribution < 1.29 is 28.3 Å². The van der Waals surface area contributed by atoms with Gasteiger partial charge < -0.3 is 4.74 Å². The number of ether oxygens (including phenoxy) is 1. The van der Waals surface area contributed by atoms with Crippen LogP contribution in [0.25, 0.3) is 0 Å². The molecule has 180 valence electrons. The normalized spacial score (nSPS) is 24.1. The lowest BCUT2D eigenvalue weighted by Gasteiger charge is -2.45. The number of esters is 1. The van der Waals surface area contributed by atoms with Gasteiger partial charge >= 0.3 is 5.97 Å². The van der Waals surface area contributed by atoms with E-state index >= 15 is 0 Å². The lowest BCUT2D eigenvalue weighted by atomic mass is 9.55. The van der Waals surface area contributed by atoms with E-state index in [1.165, 1.54) is 19.1 Å². The van der Waals surface area contributed by atoms with Crippen LogP contribution in [-0.2, 0) is 19.1 Å². The van der Waals surface area contributed by atoms with Crippen LogP contribution in [0.5, 0.6) is 0 Å². The molecular weight excluding hydrogens is 461 g/mol. The third-order valence-corrected chi connectivity index (χ3v) is 7.72. The zero-order valence-corrected chi connectivity index (χ0v) is 19.4. The van der Waals surface area contributed by atoms with Crippen molar-refractivity contribution in [2.24, 2.45) is 11.8 Å². The predicted octanol–water partition coefficient (Wildman–Crippen LogP) is 3.83. The summed E-state index contributed by atoms with van der Waals surface area (Å²) in [6, 6.07) is 19.5. The Morgan fingerprint density at radius 1 is 0.806 bits per heavy atom. The van der Waals surface area contributed by atoms with E-state index in [1.54, 1.807) is 0 Å². The number of Topliss-reactive ketones (excluding diaryl/α,β-unsaturated/α-hetero) is 1. The van der Waals surface area contributed by atoms with E-state index in [9.17, 15) is 23.6 Å². The summed E-state index contributed by atoms with van der Waals surface area (Å²) < 4.78 is 18.3. The van der Waals surface area contributed by atoms with E-state index in [0.717, 1.165) is 39.3 Å². The summed E-state index contributed by atoms with van der Waals surface area (Å²) >= 11 is 0. The number of hydrogen-bond donors (Lipinski definition) is 0. The first kappa shape index (κ1) is 22.3. The van der Waals surface area contributed by atoms with E-state index in [2.05, 4.69) is 0 Å². The summed E-state index contributed by atoms with van der Waals surface area (Å²) in [4.78, 5) is 53.6. The van der Waals surface area contributed by atoms with Gasteiger partial charge in [0.1, 0.15) is 11.9 Å². The molecular formula is C29H22FNO5. The van der Waals surface area contributed by atoms with Crippen molar-refractivity contribution in [1.29, 1.82) is 0 Å². The number of halogens is 1. The van der Waals surface area contributed by atoms with Gasteiger partial charge in [0.05, 0.1) is 11.8 Å². The number of benzene rings is 3. The summed E-state index contributed by atoms with van der Waals surface area (Å²) in [6.45, 7) is 0.875. The Morgan fingerprint density at radius 2 is 1.25 bits per heavy atom. The molecule has 1 fully saturated rings. The highest BCUT2D eigenvalue weighted by atomic mass is 19.1. The molecule has 0 unspecified atom stereocenters. The number of carbonyl (C=O) groups is 4. The van der Waals surface area contributed by atoms with Crippen molar-refractivity contribution in [3.05, 3.63) is 106 Å². The van der Waals surface area contributed by atoms with Crippen molar-refractivity contribution in [2.75, 3.05) is 6.61 Å². The van der Waals surface area contributed by atoms with Crippen LogP contribution < -0.4 is 0 Å². The molecule has 0 radical (unpaired) electrons. The molecule has 7 heteroatoms. The molecule has 1 saturated heterocycles. The molecule has 7 rings (SSSR count). The third-order valence-electron chi connectivity index (χ3n) is 7.72. The fourth-order valence-electron chi connectivity index (χ4n) is 6.16. The van der Waals surface area contributed by atoms with Crippen molar-refractivity contribution in [2.45, 2.75) is 24.8 Å².